The Kier molecular flexibility index (Phi) is 6.25. The number of nitrogens with zero attached hydrogens (tertiary/aromatic N) is 3. The summed E-state index contributed by atoms with van der Waals surface area (Å²) in [6.45, 7) is 2.05. The molecule has 4 heterocycles. The van der Waals surface area contributed by atoms with Crippen molar-refractivity contribution in [3.8, 4) is 5.75 Å². The van der Waals surface area contributed by atoms with E-state index in [0.29, 0.717) is 43.0 Å². The summed E-state index contributed by atoms with van der Waals surface area (Å²) >= 11 is 0. The number of carbonyl (C=O) groups is 4. The minimum absolute atomic E-state index is 0.0408. The number of hydrogen-bond donors (Lipinski definition) is 3. The summed E-state index contributed by atoms with van der Waals surface area (Å²) in [6.07, 6.45) is 5.21. The lowest BCUT2D eigenvalue weighted by molar-refractivity contribution is -0.136. The Hall–Kier alpha value is -3.73. The highest BCUT2D eigenvalue weighted by Gasteiger charge is 2.39. The molecule has 3 aliphatic heterocycles. The molecule has 35 heavy (non-hydrogen) atoms. The second-order valence-electron chi connectivity index (χ2n) is 9.21. The van der Waals surface area contributed by atoms with Crippen LogP contribution in [0.4, 0.5) is 0 Å². The molecule has 0 bridgehead atoms. The molecule has 3 aliphatic rings. The van der Waals surface area contributed by atoms with Crippen LogP contribution in [0, 0.1) is 0 Å². The number of ether oxygens (including phenoxy) is 1. The molecule has 2 atom stereocenters. The van der Waals surface area contributed by atoms with Gasteiger partial charge in [-0.25, -0.2) is 4.79 Å². The molecule has 11 heteroatoms. The number of rotatable bonds is 7. The van der Waals surface area contributed by atoms with Gasteiger partial charge in [-0.2, -0.15) is 5.10 Å². The van der Waals surface area contributed by atoms with Crippen LogP contribution in [0.1, 0.15) is 64.1 Å². The van der Waals surface area contributed by atoms with E-state index in [4.69, 9.17) is 4.74 Å². The number of H-pyrrole nitrogens is 1. The molecule has 2 saturated heterocycles. The lowest BCUT2D eigenvalue weighted by Crippen LogP contribution is -2.52. The molecule has 3 N–H and O–H groups in total. The first-order valence-electron chi connectivity index (χ1n) is 11.8. The highest BCUT2D eigenvalue weighted by atomic mass is 16.5. The van der Waals surface area contributed by atoms with Gasteiger partial charge in [0.1, 0.15) is 18.4 Å². The number of amides is 3. The Bertz CT molecular complexity index is 1180. The molecule has 184 valence electrons. The normalized spacial score (nSPS) is 22.7. The van der Waals surface area contributed by atoms with Crippen molar-refractivity contribution in [2.24, 2.45) is 0 Å². The van der Waals surface area contributed by atoms with E-state index in [9.17, 15) is 24.3 Å². The second kappa shape index (κ2) is 9.49. The first-order chi connectivity index (χ1) is 16.9. The summed E-state index contributed by atoms with van der Waals surface area (Å²) in [4.78, 5) is 51.7. The Morgan fingerprint density at radius 3 is 2.86 bits per heavy atom. The Balaban J connectivity index is 1.23. The Morgan fingerprint density at radius 1 is 1.20 bits per heavy atom. The quantitative estimate of drug-likeness (QED) is 0.502. The van der Waals surface area contributed by atoms with Crippen LogP contribution in [0.2, 0.25) is 0 Å². The summed E-state index contributed by atoms with van der Waals surface area (Å²) in [5, 5.41) is 18.1. The predicted molar refractivity (Wildman–Crippen MR) is 122 cm³/mol. The van der Waals surface area contributed by atoms with Crippen molar-refractivity contribution in [3.63, 3.8) is 0 Å². The number of aromatic amines is 1. The van der Waals surface area contributed by atoms with E-state index in [-0.39, 0.29) is 30.0 Å². The summed E-state index contributed by atoms with van der Waals surface area (Å²) in [6, 6.07) is 4.80. The molecule has 2 fully saturated rings. The number of nitrogens with one attached hydrogen (secondary N) is 2. The van der Waals surface area contributed by atoms with Crippen LogP contribution in [0.25, 0.3) is 0 Å². The number of aromatic carboxylic acids is 1. The van der Waals surface area contributed by atoms with Crippen molar-refractivity contribution in [1.29, 1.82) is 0 Å². The third kappa shape index (κ3) is 4.63. The maximum Gasteiger partial charge on any atom is 0.356 e. The van der Waals surface area contributed by atoms with E-state index in [1.165, 1.54) is 4.90 Å². The van der Waals surface area contributed by atoms with Crippen molar-refractivity contribution in [1.82, 2.24) is 25.3 Å². The number of imide groups is 1. The lowest BCUT2D eigenvalue weighted by Gasteiger charge is -2.35. The number of benzene rings is 1. The second-order valence-corrected chi connectivity index (χ2v) is 9.21. The third-order valence-corrected chi connectivity index (χ3v) is 6.98. The highest BCUT2D eigenvalue weighted by molar-refractivity contribution is 6.05. The van der Waals surface area contributed by atoms with Gasteiger partial charge >= 0.3 is 5.97 Å². The van der Waals surface area contributed by atoms with Crippen molar-refractivity contribution in [2.75, 3.05) is 13.2 Å². The monoisotopic (exact) mass is 481 g/mol. The fourth-order valence-electron chi connectivity index (χ4n) is 5.13. The molecule has 2 aromatic rings. The summed E-state index contributed by atoms with van der Waals surface area (Å²) in [5.41, 5.74) is 2.03. The Labute approximate surface area is 201 Å². The number of aromatic nitrogens is 2. The van der Waals surface area contributed by atoms with Crippen molar-refractivity contribution in [2.45, 2.75) is 57.3 Å². The summed E-state index contributed by atoms with van der Waals surface area (Å²) < 4.78 is 6.11. The molecule has 0 saturated carbocycles. The van der Waals surface area contributed by atoms with E-state index < -0.39 is 17.9 Å². The van der Waals surface area contributed by atoms with Gasteiger partial charge in [-0.3, -0.25) is 29.7 Å². The molecule has 1 aromatic heterocycles. The average Bonchev–Trinajstić information content (AvgIpc) is 3.43. The topological polar surface area (TPSA) is 145 Å². The van der Waals surface area contributed by atoms with Crippen molar-refractivity contribution in [3.05, 3.63) is 46.8 Å². The van der Waals surface area contributed by atoms with Crippen LogP contribution >= 0.6 is 0 Å². The first kappa shape index (κ1) is 23.0. The SMILES string of the molecule is O=C1CCC(N2Cc3cc(OC[C@H]4CCCCN4Cc4c[nH]nc4C(=O)O)ccc3C2=O)C(=O)N1. The van der Waals surface area contributed by atoms with E-state index in [1.54, 1.807) is 18.3 Å². The van der Waals surface area contributed by atoms with E-state index in [1.807, 2.05) is 6.07 Å². The Morgan fingerprint density at radius 2 is 2.06 bits per heavy atom. The molecule has 11 nitrogen and oxygen atoms in total. The largest absolute Gasteiger partial charge is 0.492 e. The van der Waals surface area contributed by atoms with Crippen molar-refractivity contribution < 1.29 is 29.0 Å². The van der Waals surface area contributed by atoms with Crippen LogP contribution in [-0.4, -0.2) is 74.0 Å². The minimum atomic E-state index is -1.05. The predicted octanol–water partition coefficient (Wildman–Crippen LogP) is 1.30. The smallest absolute Gasteiger partial charge is 0.356 e. The van der Waals surface area contributed by atoms with Gasteiger partial charge in [-0.15, -0.1) is 0 Å². The van der Waals surface area contributed by atoms with Gasteiger partial charge < -0.3 is 14.7 Å². The van der Waals surface area contributed by atoms with Crippen LogP contribution in [0.5, 0.6) is 5.75 Å². The van der Waals surface area contributed by atoms with Crippen LogP contribution in [0.15, 0.2) is 24.4 Å². The van der Waals surface area contributed by atoms with E-state index >= 15 is 0 Å². The molecule has 5 rings (SSSR count). The number of piperidine rings is 2. The average molecular weight is 482 g/mol. The number of carboxylic acid groups (broad SMARTS) is 1. The molecule has 3 amide bonds. The maximum atomic E-state index is 12.9. The maximum absolute atomic E-state index is 12.9. The zero-order valence-corrected chi connectivity index (χ0v) is 19.2. The third-order valence-electron chi connectivity index (χ3n) is 6.98. The summed E-state index contributed by atoms with van der Waals surface area (Å²) in [5.74, 6) is -1.37. The van der Waals surface area contributed by atoms with Gasteiger partial charge in [0.25, 0.3) is 5.91 Å². The molecule has 0 spiro atoms. The zero-order valence-electron chi connectivity index (χ0n) is 19.2. The molecular formula is C24H27N5O6. The molecule has 1 unspecified atom stereocenters. The number of carbonyl (C=O) groups excluding carboxylic acids is 3. The zero-order chi connectivity index (χ0) is 24.5. The standard InChI is InChI=1S/C24H27N5O6/c30-20-7-6-19(22(31)26-20)29-12-14-9-17(4-5-18(14)23(29)32)35-13-16-3-1-2-8-28(16)11-15-10-25-27-21(15)24(33)34/h4-5,9-10,16,19H,1-3,6-8,11-13H2,(H,25,27)(H,33,34)(H,26,30,31)/t16-,19?/m1/s1. The minimum Gasteiger partial charge on any atom is -0.492 e. The fourth-order valence-corrected chi connectivity index (χ4v) is 5.13. The van der Waals surface area contributed by atoms with Gasteiger partial charge in [-0.1, -0.05) is 6.42 Å². The number of fused-ring (bicyclic) bond motifs is 1. The number of likely N-dealkylation sites (tertiary alicyclic amines) is 1. The van der Waals surface area contributed by atoms with Crippen LogP contribution in [-0.2, 0) is 22.7 Å². The first-order valence-corrected chi connectivity index (χ1v) is 11.8. The van der Waals surface area contributed by atoms with Gasteiger partial charge in [0, 0.05) is 42.9 Å². The number of carboxylic acids is 1. The molecule has 0 aliphatic carbocycles. The fraction of sp³-hybridized carbons (Fsp3) is 0.458. The van der Waals surface area contributed by atoms with E-state index in [0.717, 1.165) is 31.4 Å². The molecule has 0 radical (unpaired) electrons. The molecule has 1 aromatic carbocycles. The molecular weight excluding hydrogens is 454 g/mol. The van der Waals surface area contributed by atoms with Gasteiger partial charge in [0.2, 0.25) is 11.8 Å². The van der Waals surface area contributed by atoms with Crippen LogP contribution < -0.4 is 10.1 Å². The van der Waals surface area contributed by atoms with Gasteiger partial charge in [0.15, 0.2) is 5.69 Å². The van der Waals surface area contributed by atoms with Crippen molar-refractivity contribution >= 4 is 23.7 Å². The summed E-state index contributed by atoms with van der Waals surface area (Å²) in [7, 11) is 0. The van der Waals surface area contributed by atoms with E-state index in [2.05, 4.69) is 20.4 Å². The number of hydrogen-bond acceptors (Lipinski definition) is 7. The lowest BCUT2D eigenvalue weighted by atomic mass is 10.0. The van der Waals surface area contributed by atoms with Crippen LogP contribution in [0.3, 0.4) is 0 Å². The van der Waals surface area contributed by atoms with Gasteiger partial charge in [0.05, 0.1) is 0 Å². The highest BCUT2D eigenvalue weighted by Crippen LogP contribution is 2.30. The van der Waals surface area contributed by atoms with Gasteiger partial charge in [-0.05, 0) is 49.6 Å².